The number of anilines is 2. The van der Waals surface area contributed by atoms with E-state index in [-0.39, 0.29) is 33.5 Å². The van der Waals surface area contributed by atoms with Crippen molar-refractivity contribution in [2.24, 2.45) is 0 Å². The molecule has 0 radical (unpaired) electrons. The highest BCUT2D eigenvalue weighted by atomic mass is 32.2. The van der Waals surface area contributed by atoms with Gasteiger partial charge in [-0.15, -0.1) is 0 Å². The molecule has 0 amide bonds. The van der Waals surface area contributed by atoms with Crippen LogP contribution >= 0.6 is 0 Å². The van der Waals surface area contributed by atoms with Crippen molar-refractivity contribution in [1.82, 2.24) is 0 Å². The maximum Gasteiger partial charge on any atom is 0.324 e. The second kappa shape index (κ2) is 15.0. The van der Waals surface area contributed by atoms with Crippen LogP contribution in [0, 0.1) is 0 Å². The van der Waals surface area contributed by atoms with Crippen LogP contribution in [0.15, 0.2) is 101 Å². The van der Waals surface area contributed by atoms with Gasteiger partial charge in [0, 0.05) is 6.07 Å². The summed E-state index contributed by atoms with van der Waals surface area (Å²) in [6.45, 7) is -2.21. The molecule has 0 aliphatic rings. The van der Waals surface area contributed by atoms with Gasteiger partial charge >= 0.3 is 11.9 Å². The van der Waals surface area contributed by atoms with E-state index in [1.54, 1.807) is 24.3 Å². The number of benzene rings is 4. The smallest absolute Gasteiger partial charge is 0.324 e. The second-order valence-corrected chi connectivity index (χ2v) is 13.7. The highest BCUT2D eigenvalue weighted by Crippen LogP contribution is 2.38. The number of carboxylic acid groups (broad SMARTS) is 2. The van der Waals surface area contributed by atoms with Crippen molar-refractivity contribution in [1.29, 1.82) is 0 Å². The number of rotatable bonds is 16. The summed E-state index contributed by atoms with van der Waals surface area (Å²) in [6.07, 6.45) is 0. The Morgan fingerprint density at radius 1 is 0.604 bits per heavy atom. The van der Waals surface area contributed by atoms with Crippen LogP contribution < -0.4 is 27.6 Å². The molecule has 0 aliphatic heterocycles. The fourth-order valence-electron chi connectivity index (χ4n) is 4.47. The molecule has 254 valence electrons. The van der Waals surface area contributed by atoms with E-state index in [0.717, 1.165) is 18.2 Å². The standard InChI is InChI=1S/C32H32N2O12S2/c1-43-24-7-4-22(5-8-24)21-46-30-18-23(33(19-31(35)36)47(39,40)27-13-9-25(44-2)10-14-27)6-17-29(30)34(20-32(37)38)48(41,42)28-15-11-26(45-3)12-16-28/h4-18H,19-21H2,1-3H3,(H,35,36)(H,37,38). The van der Waals surface area contributed by atoms with Gasteiger partial charge in [-0.25, -0.2) is 16.8 Å². The minimum absolute atomic E-state index is 0.173. The van der Waals surface area contributed by atoms with Crippen molar-refractivity contribution in [3.8, 4) is 23.0 Å². The first-order valence-corrected chi connectivity index (χ1v) is 16.8. The summed E-state index contributed by atoms with van der Waals surface area (Å²) >= 11 is 0. The Balaban J connectivity index is 1.88. The lowest BCUT2D eigenvalue weighted by molar-refractivity contribution is -0.136. The van der Waals surface area contributed by atoms with Gasteiger partial charge in [-0.3, -0.25) is 18.2 Å². The van der Waals surface area contributed by atoms with Crippen LogP contribution in [-0.4, -0.2) is 73.4 Å². The predicted octanol–water partition coefficient (Wildman–Crippen LogP) is 3.85. The molecule has 16 heteroatoms. The van der Waals surface area contributed by atoms with Gasteiger partial charge in [-0.2, -0.15) is 0 Å². The Kier molecular flexibility index (Phi) is 11.0. The summed E-state index contributed by atoms with van der Waals surface area (Å²) in [7, 11) is -4.77. The average molecular weight is 701 g/mol. The molecule has 4 rings (SSSR count). The molecule has 0 aromatic heterocycles. The molecule has 0 spiro atoms. The summed E-state index contributed by atoms with van der Waals surface area (Å²) in [5, 5.41) is 19.4. The van der Waals surface area contributed by atoms with E-state index in [9.17, 15) is 36.6 Å². The number of sulfonamides is 2. The van der Waals surface area contributed by atoms with E-state index < -0.39 is 45.1 Å². The Morgan fingerprint density at radius 3 is 1.46 bits per heavy atom. The minimum atomic E-state index is -4.56. The SMILES string of the molecule is COc1ccc(COc2cc(N(CC(=O)O)S(=O)(=O)c3ccc(OC)cc3)ccc2N(CC(=O)O)S(=O)(=O)c2ccc(OC)cc2)cc1. The van der Waals surface area contributed by atoms with Crippen LogP contribution in [0.25, 0.3) is 0 Å². The zero-order valence-electron chi connectivity index (χ0n) is 26.0. The van der Waals surface area contributed by atoms with Crippen molar-refractivity contribution < 1.29 is 55.6 Å². The molecular weight excluding hydrogens is 668 g/mol. The molecule has 0 fully saturated rings. The lowest BCUT2D eigenvalue weighted by Crippen LogP contribution is -2.37. The van der Waals surface area contributed by atoms with Crippen molar-refractivity contribution >= 4 is 43.4 Å². The van der Waals surface area contributed by atoms with Crippen molar-refractivity contribution in [2.45, 2.75) is 16.4 Å². The van der Waals surface area contributed by atoms with E-state index in [1.165, 1.54) is 69.9 Å². The molecule has 0 aliphatic carbocycles. The summed E-state index contributed by atoms with van der Waals surface area (Å²) in [5.74, 6) is -1.93. The quantitative estimate of drug-likeness (QED) is 0.172. The molecule has 0 atom stereocenters. The normalized spacial score (nSPS) is 11.3. The van der Waals surface area contributed by atoms with E-state index in [0.29, 0.717) is 31.4 Å². The zero-order chi connectivity index (χ0) is 35.1. The summed E-state index contributed by atoms with van der Waals surface area (Å²) in [5.41, 5.74) is 0.157. The van der Waals surface area contributed by atoms with Gasteiger partial charge in [0.05, 0.1) is 42.5 Å². The van der Waals surface area contributed by atoms with Crippen molar-refractivity contribution in [2.75, 3.05) is 43.0 Å². The van der Waals surface area contributed by atoms with E-state index in [4.69, 9.17) is 18.9 Å². The minimum Gasteiger partial charge on any atom is -0.497 e. The fourth-order valence-corrected chi connectivity index (χ4v) is 7.30. The number of carbonyl (C=O) groups is 2. The molecule has 4 aromatic carbocycles. The molecular formula is C32H32N2O12S2. The van der Waals surface area contributed by atoms with Crippen LogP contribution in [-0.2, 0) is 36.2 Å². The first-order valence-electron chi connectivity index (χ1n) is 14.0. The number of nitrogens with zero attached hydrogens (tertiary/aromatic N) is 2. The fraction of sp³-hybridized carbons (Fsp3) is 0.188. The van der Waals surface area contributed by atoms with E-state index in [1.807, 2.05) is 0 Å². The van der Waals surface area contributed by atoms with Crippen LogP contribution in [0.2, 0.25) is 0 Å². The third kappa shape index (κ3) is 8.08. The molecule has 2 N–H and O–H groups in total. The first kappa shape index (κ1) is 35.4. The summed E-state index contributed by atoms with van der Waals surface area (Å²) in [4.78, 5) is 23.4. The molecule has 14 nitrogen and oxygen atoms in total. The maximum absolute atomic E-state index is 13.9. The number of hydrogen-bond donors (Lipinski definition) is 2. The van der Waals surface area contributed by atoms with Gasteiger partial charge in [-0.1, -0.05) is 12.1 Å². The van der Waals surface area contributed by atoms with Gasteiger partial charge in [0.2, 0.25) is 0 Å². The first-order chi connectivity index (χ1) is 22.8. The number of hydrogen-bond acceptors (Lipinski definition) is 10. The van der Waals surface area contributed by atoms with Gasteiger partial charge in [0.1, 0.15) is 42.7 Å². The lowest BCUT2D eigenvalue weighted by Gasteiger charge is -2.28. The van der Waals surface area contributed by atoms with Gasteiger partial charge in [0.25, 0.3) is 20.0 Å². The summed E-state index contributed by atoms with van der Waals surface area (Å²) in [6, 6.07) is 20.7. The number of carboxylic acids is 2. The van der Waals surface area contributed by atoms with E-state index >= 15 is 0 Å². The molecule has 0 bridgehead atoms. The van der Waals surface area contributed by atoms with Crippen molar-refractivity contribution in [3.63, 3.8) is 0 Å². The summed E-state index contributed by atoms with van der Waals surface area (Å²) < 4.78 is 77.9. The Labute approximate surface area is 277 Å². The van der Waals surface area contributed by atoms with E-state index in [2.05, 4.69) is 0 Å². The Morgan fingerprint density at radius 2 is 1.02 bits per heavy atom. The number of methoxy groups -OCH3 is 3. The number of ether oxygens (including phenoxy) is 4. The Hall–Kier alpha value is -5.48. The topological polar surface area (TPSA) is 186 Å². The molecule has 0 saturated heterocycles. The van der Waals surface area contributed by atoms with Crippen molar-refractivity contribution in [3.05, 3.63) is 96.6 Å². The van der Waals surface area contributed by atoms with Gasteiger partial charge in [0.15, 0.2) is 0 Å². The number of aliphatic carboxylic acids is 2. The van der Waals surface area contributed by atoms with Crippen LogP contribution in [0.4, 0.5) is 11.4 Å². The predicted molar refractivity (Wildman–Crippen MR) is 174 cm³/mol. The zero-order valence-corrected chi connectivity index (χ0v) is 27.6. The van der Waals surface area contributed by atoms with Gasteiger partial charge < -0.3 is 29.2 Å². The molecule has 0 saturated carbocycles. The largest absolute Gasteiger partial charge is 0.497 e. The second-order valence-electron chi connectivity index (χ2n) is 9.95. The molecule has 0 unspecified atom stereocenters. The third-order valence-electron chi connectivity index (χ3n) is 6.91. The highest BCUT2D eigenvalue weighted by Gasteiger charge is 2.32. The van der Waals surface area contributed by atoms with Crippen LogP contribution in [0.5, 0.6) is 23.0 Å². The molecule has 48 heavy (non-hydrogen) atoms. The van der Waals surface area contributed by atoms with Crippen LogP contribution in [0.3, 0.4) is 0 Å². The average Bonchev–Trinajstić information content (AvgIpc) is 3.08. The lowest BCUT2D eigenvalue weighted by atomic mass is 10.2. The Bertz CT molecular complexity index is 1970. The van der Waals surface area contributed by atoms with Gasteiger partial charge in [-0.05, 0) is 78.4 Å². The molecule has 4 aromatic rings. The highest BCUT2D eigenvalue weighted by molar-refractivity contribution is 7.93. The maximum atomic E-state index is 13.9. The van der Waals surface area contributed by atoms with Crippen LogP contribution in [0.1, 0.15) is 5.56 Å². The third-order valence-corrected chi connectivity index (χ3v) is 10.5. The molecule has 0 heterocycles. The monoisotopic (exact) mass is 700 g/mol.